The molecule has 15 heavy (non-hydrogen) atoms. The second-order valence-electron chi connectivity index (χ2n) is 4.18. The molecule has 0 aromatic rings. The largest absolute Gasteiger partial charge is 0.502 e. The molecule has 0 radical (unpaired) electrons. The lowest BCUT2D eigenvalue weighted by molar-refractivity contribution is -0.142. The Morgan fingerprint density at radius 2 is 1.67 bits per heavy atom. The van der Waals surface area contributed by atoms with Crippen LogP contribution in [0.2, 0.25) is 0 Å². The number of rotatable bonds is 8. The van der Waals surface area contributed by atoms with E-state index in [1.807, 2.05) is 0 Å². The van der Waals surface area contributed by atoms with Crippen LogP contribution in [-0.4, -0.2) is 27.6 Å². The highest BCUT2D eigenvalue weighted by Crippen LogP contribution is 2.24. The fourth-order valence-corrected chi connectivity index (χ4v) is 1.75. The molecule has 3 nitrogen and oxygen atoms in total. The summed E-state index contributed by atoms with van der Waals surface area (Å²) in [5.41, 5.74) is 0. The van der Waals surface area contributed by atoms with Crippen molar-refractivity contribution in [1.29, 1.82) is 0 Å². The van der Waals surface area contributed by atoms with Gasteiger partial charge in [-0.2, -0.15) is 0 Å². The van der Waals surface area contributed by atoms with Crippen LogP contribution in [0.1, 0.15) is 26.7 Å². The summed E-state index contributed by atoms with van der Waals surface area (Å²) < 4.78 is 15.7. The molecule has 1 atom stereocenters. The number of ether oxygens (including phenoxy) is 3. The van der Waals surface area contributed by atoms with Crippen molar-refractivity contribution in [3.05, 3.63) is 12.3 Å². The molecule has 0 aromatic heterocycles. The van der Waals surface area contributed by atoms with Gasteiger partial charge in [-0.05, 0) is 12.3 Å². The Morgan fingerprint density at radius 3 is 2.00 bits per heavy atom. The summed E-state index contributed by atoms with van der Waals surface area (Å²) in [5, 5.41) is 0. The van der Waals surface area contributed by atoms with Gasteiger partial charge < -0.3 is 14.2 Å². The van der Waals surface area contributed by atoms with Crippen LogP contribution >= 0.6 is 0 Å². The van der Waals surface area contributed by atoms with Gasteiger partial charge in [-0.25, -0.2) is 0 Å². The number of hydrogen-bond acceptors (Lipinski definition) is 3. The maximum Gasteiger partial charge on any atom is 0.160 e. The van der Waals surface area contributed by atoms with E-state index in [-0.39, 0.29) is 6.29 Å². The van der Waals surface area contributed by atoms with Gasteiger partial charge in [0.05, 0.1) is 12.9 Å². The van der Waals surface area contributed by atoms with Crippen LogP contribution in [0.25, 0.3) is 0 Å². The highest BCUT2D eigenvalue weighted by atomic mass is 16.7. The van der Waals surface area contributed by atoms with Crippen molar-refractivity contribution in [3.63, 3.8) is 0 Å². The Labute approximate surface area is 93.4 Å². The van der Waals surface area contributed by atoms with E-state index in [0.29, 0.717) is 11.8 Å². The molecule has 90 valence electrons. The van der Waals surface area contributed by atoms with Crippen LogP contribution in [-0.2, 0) is 14.2 Å². The third kappa shape index (κ3) is 5.80. The van der Waals surface area contributed by atoms with E-state index in [9.17, 15) is 0 Å². The van der Waals surface area contributed by atoms with Crippen LogP contribution in [0.4, 0.5) is 0 Å². The Hall–Kier alpha value is -0.540. The lowest BCUT2D eigenvalue weighted by Gasteiger charge is -2.26. The van der Waals surface area contributed by atoms with Crippen LogP contribution in [0.15, 0.2) is 12.3 Å². The zero-order valence-corrected chi connectivity index (χ0v) is 10.6. The Bertz CT molecular complexity index is 174. The van der Waals surface area contributed by atoms with Gasteiger partial charge in [0.25, 0.3) is 0 Å². The summed E-state index contributed by atoms with van der Waals surface area (Å²) in [6, 6.07) is 0. The van der Waals surface area contributed by atoms with Gasteiger partial charge in [0.1, 0.15) is 0 Å². The van der Waals surface area contributed by atoms with E-state index in [2.05, 4.69) is 20.4 Å². The standard InChI is InChI=1S/C12H24O3/c1-9(2)7-11(8-10(3)13-4)12(14-5)15-6/h9,11-12H,3,7-8H2,1-2,4-6H3. The summed E-state index contributed by atoms with van der Waals surface area (Å²) in [7, 11) is 4.97. The minimum absolute atomic E-state index is 0.181. The van der Waals surface area contributed by atoms with Crippen molar-refractivity contribution >= 4 is 0 Å². The molecule has 0 spiro atoms. The van der Waals surface area contributed by atoms with Gasteiger partial charge in [-0.1, -0.05) is 20.4 Å². The van der Waals surface area contributed by atoms with Gasteiger partial charge >= 0.3 is 0 Å². The molecule has 1 unspecified atom stereocenters. The van der Waals surface area contributed by atoms with Crippen molar-refractivity contribution in [1.82, 2.24) is 0 Å². The molecule has 0 aromatic carbocycles. The van der Waals surface area contributed by atoms with E-state index in [0.717, 1.165) is 18.6 Å². The van der Waals surface area contributed by atoms with Crippen LogP contribution in [0.3, 0.4) is 0 Å². The predicted octanol–water partition coefficient (Wildman–Crippen LogP) is 2.82. The fourth-order valence-electron chi connectivity index (χ4n) is 1.75. The first-order valence-corrected chi connectivity index (χ1v) is 5.32. The molecule has 0 aliphatic rings. The molecule has 0 saturated carbocycles. The molecule has 0 amide bonds. The molecule has 0 bridgehead atoms. The van der Waals surface area contributed by atoms with E-state index < -0.39 is 0 Å². The molecular weight excluding hydrogens is 192 g/mol. The summed E-state index contributed by atoms with van der Waals surface area (Å²) in [6.45, 7) is 8.21. The van der Waals surface area contributed by atoms with Gasteiger partial charge in [0.2, 0.25) is 0 Å². The first-order chi connectivity index (χ1) is 7.04. The van der Waals surface area contributed by atoms with Gasteiger partial charge in [-0.15, -0.1) is 0 Å². The molecule has 0 heterocycles. The Morgan fingerprint density at radius 1 is 1.13 bits per heavy atom. The molecule has 0 aliphatic carbocycles. The lowest BCUT2D eigenvalue weighted by Crippen LogP contribution is -2.26. The second-order valence-corrected chi connectivity index (χ2v) is 4.18. The first kappa shape index (κ1) is 14.5. The van der Waals surface area contributed by atoms with Crippen LogP contribution in [0.5, 0.6) is 0 Å². The molecular formula is C12H24O3. The second kappa shape index (κ2) is 7.71. The van der Waals surface area contributed by atoms with Gasteiger partial charge in [0, 0.05) is 26.6 Å². The van der Waals surface area contributed by atoms with Gasteiger partial charge in [-0.3, -0.25) is 0 Å². The fraction of sp³-hybridized carbons (Fsp3) is 0.833. The first-order valence-electron chi connectivity index (χ1n) is 5.32. The molecule has 0 fully saturated rings. The van der Waals surface area contributed by atoms with Gasteiger partial charge in [0.15, 0.2) is 6.29 Å². The van der Waals surface area contributed by atoms with E-state index in [1.165, 1.54) is 0 Å². The zero-order chi connectivity index (χ0) is 11.8. The van der Waals surface area contributed by atoms with E-state index in [4.69, 9.17) is 14.2 Å². The van der Waals surface area contributed by atoms with E-state index in [1.54, 1.807) is 21.3 Å². The van der Waals surface area contributed by atoms with Crippen molar-refractivity contribution < 1.29 is 14.2 Å². The molecule has 0 aliphatic heterocycles. The van der Waals surface area contributed by atoms with Crippen LogP contribution in [0, 0.1) is 11.8 Å². The normalized spacial score (nSPS) is 13.3. The predicted molar refractivity (Wildman–Crippen MR) is 61.5 cm³/mol. The maximum absolute atomic E-state index is 5.29. The smallest absolute Gasteiger partial charge is 0.160 e. The maximum atomic E-state index is 5.29. The number of hydrogen-bond donors (Lipinski definition) is 0. The molecule has 0 saturated heterocycles. The average molecular weight is 216 g/mol. The molecule has 3 heteroatoms. The third-order valence-corrected chi connectivity index (χ3v) is 2.40. The average Bonchev–Trinajstić information content (AvgIpc) is 2.18. The number of methoxy groups -OCH3 is 3. The molecule has 0 rings (SSSR count). The van der Waals surface area contributed by atoms with Crippen LogP contribution < -0.4 is 0 Å². The lowest BCUT2D eigenvalue weighted by atomic mass is 9.93. The summed E-state index contributed by atoms with van der Waals surface area (Å²) in [5.74, 6) is 1.68. The van der Waals surface area contributed by atoms with Crippen molar-refractivity contribution in [2.24, 2.45) is 11.8 Å². The highest BCUT2D eigenvalue weighted by Gasteiger charge is 2.23. The Kier molecular flexibility index (Phi) is 7.44. The van der Waals surface area contributed by atoms with Crippen molar-refractivity contribution in [2.75, 3.05) is 21.3 Å². The third-order valence-electron chi connectivity index (χ3n) is 2.40. The summed E-state index contributed by atoms with van der Waals surface area (Å²) in [6.07, 6.45) is 1.63. The SMILES string of the molecule is C=C(CC(CC(C)C)C(OC)OC)OC. The molecule has 0 N–H and O–H groups in total. The monoisotopic (exact) mass is 216 g/mol. The topological polar surface area (TPSA) is 27.7 Å². The summed E-state index contributed by atoms with van der Waals surface area (Å²) in [4.78, 5) is 0. The van der Waals surface area contributed by atoms with Crippen molar-refractivity contribution in [3.8, 4) is 0 Å². The Balaban J connectivity index is 4.34. The van der Waals surface area contributed by atoms with E-state index >= 15 is 0 Å². The zero-order valence-electron chi connectivity index (χ0n) is 10.6. The van der Waals surface area contributed by atoms with Crippen molar-refractivity contribution in [2.45, 2.75) is 33.0 Å². The summed E-state index contributed by atoms with van der Waals surface area (Å²) >= 11 is 0. The highest BCUT2D eigenvalue weighted by molar-refractivity contribution is 4.86. The minimum Gasteiger partial charge on any atom is -0.502 e. The quantitative estimate of drug-likeness (QED) is 0.461. The number of allylic oxidation sites excluding steroid dienone is 1. The minimum atomic E-state index is -0.181.